The smallest absolute Gasteiger partial charge is 0.131 e. The summed E-state index contributed by atoms with van der Waals surface area (Å²) < 4.78 is 6.79. The van der Waals surface area contributed by atoms with E-state index in [1.54, 1.807) is 0 Å². The fourth-order valence-electron chi connectivity index (χ4n) is 14.6. The minimum absolute atomic E-state index is 0.0389. The van der Waals surface area contributed by atoms with Crippen LogP contribution in [0.1, 0.15) is 147 Å². The first-order chi connectivity index (χ1) is 30.6. The van der Waals surface area contributed by atoms with Gasteiger partial charge in [-0.25, -0.2) is 0 Å². The molecule has 2 nitrogen and oxygen atoms in total. The highest BCUT2D eigenvalue weighted by molar-refractivity contribution is 5.81. The molecule has 6 aliphatic carbocycles. The molecule has 4 bridgehead atoms. The van der Waals surface area contributed by atoms with Gasteiger partial charge in [-0.2, -0.15) is 0 Å². The zero-order chi connectivity index (χ0) is 44.0. The van der Waals surface area contributed by atoms with Crippen LogP contribution in [0.5, 0.6) is 11.5 Å². The van der Waals surface area contributed by atoms with Crippen molar-refractivity contribution in [1.29, 1.82) is 0 Å². The molecular formula is C62H67NO. The Morgan fingerprint density at radius 2 is 0.797 bits per heavy atom. The molecule has 0 saturated heterocycles. The summed E-state index contributed by atoms with van der Waals surface area (Å²) >= 11 is 0. The van der Waals surface area contributed by atoms with Crippen LogP contribution in [0.2, 0.25) is 0 Å². The summed E-state index contributed by atoms with van der Waals surface area (Å²) in [5, 5.41) is 0. The van der Waals surface area contributed by atoms with Gasteiger partial charge in [0.25, 0.3) is 0 Å². The highest BCUT2D eigenvalue weighted by Gasteiger charge is 2.61. The van der Waals surface area contributed by atoms with Crippen LogP contribution in [0, 0.1) is 23.7 Å². The highest BCUT2D eigenvalue weighted by atomic mass is 16.5. The van der Waals surface area contributed by atoms with E-state index in [2.05, 4.69) is 188 Å². The molecule has 4 fully saturated rings. The number of nitrogens with zero attached hydrogens (tertiary/aromatic N) is 1. The lowest BCUT2D eigenvalue weighted by molar-refractivity contribution is -0.0452. The summed E-state index contributed by atoms with van der Waals surface area (Å²) in [4.78, 5) is 2.49. The maximum atomic E-state index is 6.79. The summed E-state index contributed by atoms with van der Waals surface area (Å²) in [6.45, 7) is 19.4. The van der Waals surface area contributed by atoms with Crippen molar-refractivity contribution in [3.63, 3.8) is 0 Å². The Kier molecular flexibility index (Phi) is 8.82. The Morgan fingerprint density at radius 1 is 0.375 bits per heavy atom. The van der Waals surface area contributed by atoms with Crippen LogP contribution >= 0.6 is 0 Å². The Morgan fingerprint density at radius 3 is 1.36 bits per heavy atom. The first kappa shape index (κ1) is 40.4. The van der Waals surface area contributed by atoms with Gasteiger partial charge in [0.1, 0.15) is 11.5 Å². The number of hydrogen-bond donors (Lipinski definition) is 0. The molecule has 4 saturated carbocycles. The van der Waals surface area contributed by atoms with Crippen LogP contribution in [0.3, 0.4) is 0 Å². The Labute approximate surface area is 383 Å². The van der Waals surface area contributed by atoms with Crippen molar-refractivity contribution in [2.75, 3.05) is 4.90 Å². The molecule has 1 aliphatic heterocycles. The summed E-state index contributed by atoms with van der Waals surface area (Å²) in [5.41, 5.74) is 18.3. The van der Waals surface area contributed by atoms with Gasteiger partial charge in [0.15, 0.2) is 0 Å². The van der Waals surface area contributed by atoms with E-state index < -0.39 is 0 Å². The first-order valence-corrected chi connectivity index (χ1v) is 24.8. The number of rotatable bonds is 5. The van der Waals surface area contributed by atoms with Gasteiger partial charge in [-0.15, -0.1) is 0 Å². The molecule has 64 heavy (non-hydrogen) atoms. The SMILES string of the molecule is CC1(C)CCC(C)(C)c2cc(-c3ccc(N(c4ccc(-c5ccc6c(c5)C5(c7ccccc7O6)C6CC7CC(C6)CC5C7)cc4)c4ccc5c(c4)C(C)(C)CCC5(C)C)cc3)ccc21. The monoisotopic (exact) mass is 842 g/mol. The molecule has 13 rings (SSSR count). The van der Waals surface area contributed by atoms with Crippen molar-refractivity contribution in [1.82, 2.24) is 0 Å². The van der Waals surface area contributed by atoms with Crippen LogP contribution < -0.4 is 9.64 Å². The minimum atomic E-state index is 0.0389. The fourth-order valence-corrected chi connectivity index (χ4v) is 14.6. The molecule has 0 aromatic heterocycles. The Balaban J connectivity index is 0.936. The predicted octanol–water partition coefficient (Wildman–Crippen LogP) is 17.0. The summed E-state index contributed by atoms with van der Waals surface area (Å²) in [5.74, 6) is 5.32. The molecule has 1 heterocycles. The zero-order valence-corrected chi connectivity index (χ0v) is 39.7. The molecule has 2 heteroatoms. The van der Waals surface area contributed by atoms with E-state index in [9.17, 15) is 0 Å². The maximum Gasteiger partial charge on any atom is 0.131 e. The predicted molar refractivity (Wildman–Crippen MR) is 267 cm³/mol. The lowest BCUT2D eigenvalue weighted by Crippen LogP contribution is -2.56. The second kappa shape index (κ2) is 14.0. The van der Waals surface area contributed by atoms with Crippen LogP contribution in [0.4, 0.5) is 17.1 Å². The lowest BCUT2D eigenvalue weighted by atomic mass is 9.41. The number of anilines is 3. The highest BCUT2D eigenvalue weighted by Crippen LogP contribution is 2.69. The molecule has 0 atom stereocenters. The number of benzene rings is 6. The van der Waals surface area contributed by atoms with Crippen molar-refractivity contribution >= 4 is 17.1 Å². The Bertz CT molecular complexity index is 2790. The third-order valence-corrected chi connectivity index (χ3v) is 18.3. The lowest BCUT2D eigenvalue weighted by Gasteiger charge is -2.63. The maximum absolute atomic E-state index is 6.79. The molecule has 326 valence electrons. The number of para-hydroxylation sites is 1. The van der Waals surface area contributed by atoms with Gasteiger partial charge in [0, 0.05) is 33.6 Å². The standard InChI is InChI=1S/C62H67NO/c1-58(2)27-29-60(5,6)53-36-43(17-24-50(53)58)41-13-19-47(20-14-41)63(49-23-25-51-54(38-49)61(7,8)30-28-59(51,3)4)48-21-15-42(16-22-48)44-18-26-57-55(37-44)62(52-11-9-10-12-56(52)64-57)45-32-39-31-40(34-45)35-46(62)33-39/h9-26,36-40,45-46H,27-35H2,1-8H3. The van der Waals surface area contributed by atoms with E-state index in [0.29, 0.717) is 11.8 Å². The second-order valence-electron chi connectivity index (χ2n) is 23.9. The van der Waals surface area contributed by atoms with E-state index in [-0.39, 0.29) is 27.1 Å². The first-order valence-electron chi connectivity index (χ1n) is 24.8. The molecule has 7 aliphatic rings. The van der Waals surface area contributed by atoms with Crippen molar-refractivity contribution in [3.8, 4) is 33.8 Å². The number of hydrogen-bond acceptors (Lipinski definition) is 2. The van der Waals surface area contributed by atoms with Gasteiger partial charge < -0.3 is 9.64 Å². The molecule has 6 aromatic rings. The summed E-state index contributed by atoms with van der Waals surface area (Å²) in [7, 11) is 0. The molecule has 0 N–H and O–H groups in total. The van der Waals surface area contributed by atoms with Gasteiger partial charge in [-0.1, -0.05) is 128 Å². The van der Waals surface area contributed by atoms with Crippen LogP contribution in [-0.4, -0.2) is 0 Å². The topological polar surface area (TPSA) is 12.5 Å². The van der Waals surface area contributed by atoms with E-state index in [4.69, 9.17) is 4.74 Å². The Hall–Kier alpha value is -5.08. The molecule has 0 radical (unpaired) electrons. The van der Waals surface area contributed by atoms with Gasteiger partial charge in [-0.05, 0) is 202 Å². The largest absolute Gasteiger partial charge is 0.457 e. The van der Waals surface area contributed by atoms with Crippen LogP contribution in [0.15, 0.2) is 127 Å². The molecule has 1 spiro atoms. The summed E-state index contributed by atoms with van der Waals surface area (Å²) in [6, 6.07) is 49.6. The van der Waals surface area contributed by atoms with E-state index in [0.717, 1.165) is 23.3 Å². The molecule has 0 unspecified atom stereocenters. The van der Waals surface area contributed by atoms with Gasteiger partial charge in [-0.3, -0.25) is 0 Å². The van der Waals surface area contributed by atoms with Crippen molar-refractivity contribution < 1.29 is 4.74 Å². The quantitative estimate of drug-likeness (QED) is 0.171. The van der Waals surface area contributed by atoms with Crippen molar-refractivity contribution in [2.45, 2.75) is 140 Å². The summed E-state index contributed by atoms with van der Waals surface area (Å²) in [6.07, 6.45) is 11.7. The van der Waals surface area contributed by atoms with E-state index >= 15 is 0 Å². The number of ether oxygens (including phenoxy) is 1. The number of fused-ring (bicyclic) bond motifs is 4. The molecular weight excluding hydrogens is 775 g/mol. The third-order valence-electron chi connectivity index (χ3n) is 18.3. The van der Waals surface area contributed by atoms with Gasteiger partial charge in [0.05, 0.1) is 0 Å². The van der Waals surface area contributed by atoms with Crippen LogP contribution in [-0.2, 0) is 27.1 Å². The average molecular weight is 842 g/mol. The van der Waals surface area contributed by atoms with E-state index in [1.165, 1.54) is 130 Å². The van der Waals surface area contributed by atoms with E-state index in [1.807, 2.05) is 0 Å². The second-order valence-corrected chi connectivity index (χ2v) is 23.9. The minimum Gasteiger partial charge on any atom is -0.457 e. The van der Waals surface area contributed by atoms with Crippen molar-refractivity contribution in [2.24, 2.45) is 23.7 Å². The zero-order valence-electron chi connectivity index (χ0n) is 39.7. The van der Waals surface area contributed by atoms with Crippen molar-refractivity contribution in [3.05, 3.63) is 161 Å². The molecule has 0 amide bonds. The van der Waals surface area contributed by atoms with Crippen LogP contribution in [0.25, 0.3) is 22.3 Å². The fraction of sp³-hybridized carbons (Fsp3) is 0.419. The van der Waals surface area contributed by atoms with Gasteiger partial charge in [0.2, 0.25) is 0 Å². The average Bonchev–Trinajstić information content (AvgIpc) is 3.28. The normalized spacial score (nSPS) is 26.9. The third kappa shape index (κ3) is 6.09. The molecule has 6 aromatic carbocycles. The van der Waals surface area contributed by atoms with Gasteiger partial charge >= 0.3 is 0 Å².